The summed E-state index contributed by atoms with van der Waals surface area (Å²) < 4.78 is 18.9. The first kappa shape index (κ1) is 13.6. The van der Waals surface area contributed by atoms with Gasteiger partial charge in [0.1, 0.15) is 0 Å². The second-order valence-corrected chi connectivity index (χ2v) is 4.49. The van der Waals surface area contributed by atoms with Crippen LogP contribution < -0.4 is 10.5 Å². The third kappa shape index (κ3) is 3.32. The van der Waals surface area contributed by atoms with E-state index in [2.05, 4.69) is 0 Å². The van der Waals surface area contributed by atoms with Crippen LogP contribution in [0.4, 0.5) is 4.39 Å². The Kier molecular flexibility index (Phi) is 4.53. The number of rotatable bonds is 5. The lowest BCUT2D eigenvalue weighted by atomic mass is 9.99. The second kappa shape index (κ2) is 6.34. The zero-order chi connectivity index (χ0) is 13.7. The van der Waals surface area contributed by atoms with Gasteiger partial charge in [-0.2, -0.15) is 0 Å². The van der Waals surface area contributed by atoms with Gasteiger partial charge < -0.3 is 10.5 Å². The molecule has 0 fully saturated rings. The molecule has 2 aromatic rings. The summed E-state index contributed by atoms with van der Waals surface area (Å²) in [6.45, 7) is 0. The predicted molar refractivity (Wildman–Crippen MR) is 74.6 cm³/mol. The summed E-state index contributed by atoms with van der Waals surface area (Å²) >= 11 is 0. The van der Waals surface area contributed by atoms with E-state index in [9.17, 15) is 4.39 Å². The van der Waals surface area contributed by atoms with E-state index in [1.165, 1.54) is 7.11 Å². The van der Waals surface area contributed by atoms with Crippen LogP contribution in [0.3, 0.4) is 0 Å². The van der Waals surface area contributed by atoms with Crippen LogP contribution in [-0.4, -0.2) is 7.11 Å². The average Bonchev–Trinajstić information content (AvgIpc) is 2.47. The highest BCUT2D eigenvalue weighted by molar-refractivity contribution is 5.31. The lowest BCUT2D eigenvalue weighted by Gasteiger charge is -2.13. The molecular weight excluding hydrogens is 241 g/mol. The molecule has 0 bridgehead atoms. The van der Waals surface area contributed by atoms with Gasteiger partial charge >= 0.3 is 0 Å². The van der Waals surface area contributed by atoms with Crippen LogP contribution in [0.15, 0.2) is 48.5 Å². The molecule has 2 nitrogen and oxygen atoms in total. The highest BCUT2D eigenvalue weighted by Gasteiger charge is 2.11. The summed E-state index contributed by atoms with van der Waals surface area (Å²) in [5.41, 5.74) is 7.83. The Hall–Kier alpha value is -1.87. The van der Waals surface area contributed by atoms with Crippen LogP contribution in [-0.2, 0) is 6.42 Å². The Morgan fingerprint density at radius 3 is 2.53 bits per heavy atom. The van der Waals surface area contributed by atoms with Crippen molar-refractivity contribution in [3.05, 3.63) is 65.5 Å². The fourth-order valence-corrected chi connectivity index (χ4v) is 2.08. The fourth-order valence-electron chi connectivity index (χ4n) is 2.08. The summed E-state index contributed by atoms with van der Waals surface area (Å²) in [6.07, 6.45) is 1.30. The van der Waals surface area contributed by atoms with Crippen LogP contribution in [0.1, 0.15) is 23.6 Å². The number of methoxy groups -OCH3 is 1. The van der Waals surface area contributed by atoms with Crippen molar-refractivity contribution in [2.24, 2.45) is 5.73 Å². The monoisotopic (exact) mass is 259 g/mol. The molecular formula is C16H18FNO. The number of hydrogen-bond acceptors (Lipinski definition) is 2. The van der Waals surface area contributed by atoms with Gasteiger partial charge in [-0.1, -0.05) is 42.5 Å². The maximum Gasteiger partial charge on any atom is 0.168 e. The number of benzene rings is 2. The van der Waals surface area contributed by atoms with Crippen molar-refractivity contribution in [2.45, 2.75) is 18.9 Å². The van der Waals surface area contributed by atoms with Crippen molar-refractivity contribution >= 4 is 0 Å². The second-order valence-electron chi connectivity index (χ2n) is 4.49. The molecule has 1 unspecified atom stereocenters. The van der Waals surface area contributed by atoms with Gasteiger partial charge in [0.25, 0.3) is 0 Å². The molecule has 3 heteroatoms. The standard InChI is InChI=1S/C16H18FNO/c1-19-15-9-5-8-13(16(15)17)10-11-14(18)12-6-3-2-4-7-12/h2-9,14H,10-11,18H2,1H3. The van der Waals surface area contributed by atoms with Crippen molar-refractivity contribution in [1.29, 1.82) is 0 Å². The van der Waals surface area contributed by atoms with E-state index < -0.39 is 0 Å². The molecule has 0 radical (unpaired) electrons. The van der Waals surface area contributed by atoms with Crippen molar-refractivity contribution < 1.29 is 9.13 Å². The Balaban J connectivity index is 2.03. The summed E-state index contributed by atoms with van der Waals surface area (Å²) in [7, 11) is 1.47. The summed E-state index contributed by atoms with van der Waals surface area (Å²) in [6, 6.07) is 15.0. The molecule has 1 atom stereocenters. The molecule has 19 heavy (non-hydrogen) atoms. The first-order chi connectivity index (χ1) is 9.22. The third-order valence-corrected chi connectivity index (χ3v) is 3.22. The zero-order valence-electron chi connectivity index (χ0n) is 11.0. The van der Waals surface area contributed by atoms with Gasteiger partial charge in [-0.25, -0.2) is 4.39 Å². The van der Waals surface area contributed by atoms with E-state index in [0.29, 0.717) is 18.4 Å². The minimum absolute atomic E-state index is 0.0770. The van der Waals surface area contributed by atoms with Crippen molar-refractivity contribution in [2.75, 3.05) is 7.11 Å². The van der Waals surface area contributed by atoms with Crippen LogP contribution in [0, 0.1) is 5.82 Å². The van der Waals surface area contributed by atoms with Crippen molar-refractivity contribution in [3.8, 4) is 5.75 Å². The smallest absolute Gasteiger partial charge is 0.168 e. The summed E-state index contributed by atoms with van der Waals surface area (Å²) in [5, 5.41) is 0. The van der Waals surface area contributed by atoms with Crippen LogP contribution in [0.2, 0.25) is 0 Å². The van der Waals surface area contributed by atoms with Gasteiger partial charge in [0.2, 0.25) is 0 Å². The SMILES string of the molecule is COc1cccc(CCC(N)c2ccccc2)c1F. The number of hydrogen-bond donors (Lipinski definition) is 1. The van der Waals surface area contributed by atoms with Gasteiger partial charge in [-0.3, -0.25) is 0 Å². The Labute approximate surface area is 113 Å². The molecule has 0 heterocycles. The Morgan fingerprint density at radius 1 is 1.11 bits per heavy atom. The van der Waals surface area contributed by atoms with E-state index in [1.807, 2.05) is 30.3 Å². The van der Waals surface area contributed by atoms with Crippen molar-refractivity contribution in [1.82, 2.24) is 0 Å². The molecule has 0 saturated heterocycles. The lowest BCUT2D eigenvalue weighted by molar-refractivity contribution is 0.383. The van der Waals surface area contributed by atoms with Gasteiger partial charge in [0, 0.05) is 6.04 Å². The average molecular weight is 259 g/mol. The van der Waals surface area contributed by atoms with Gasteiger partial charge in [0.05, 0.1) is 7.11 Å². The van der Waals surface area contributed by atoms with E-state index in [0.717, 1.165) is 5.56 Å². The summed E-state index contributed by atoms with van der Waals surface area (Å²) in [4.78, 5) is 0. The minimum atomic E-state index is -0.287. The van der Waals surface area contributed by atoms with Crippen LogP contribution in [0.25, 0.3) is 0 Å². The Morgan fingerprint density at radius 2 is 1.84 bits per heavy atom. The lowest BCUT2D eigenvalue weighted by Crippen LogP contribution is -2.11. The largest absolute Gasteiger partial charge is 0.494 e. The first-order valence-corrected chi connectivity index (χ1v) is 6.34. The maximum absolute atomic E-state index is 14.0. The molecule has 100 valence electrons. The van der Waals surface area contributed by atoms with Crippen LogP contribution in [0.5, 0.6) is 5.75 Å². The molecule has 0 saturated carbocycles. The maximum atomic E-state index is 14.0. The molecule has 0 aliphatic heterocycles. The van der Waals surface area contributed by atoms with E-state index in [-0.39, 0.29) is 17.6 Å². The number of aryl methyl sites for hydroxylation is 1. The van der Waals surface area contributed by atoms with E-state index >= 15 is 0 Å². The minimum Gasteiger partial charge on any atom is -0.494 e. The molecule has 0 spiro atoms. The highest BCUT2D eigenvalue weighted by Crippen LogP contribution is 2.23. The molecule has 0 aliphatic carbocycles. The third-order valence-electron chi connectivity index (χ3n) is 3.22. The number of nitrogens with two attached hydrogens (primary N) is 1. The molecule has 0 amide bonds. The molecule has 2 aromatic carbocycles. The fraction of sp³-hybridized carbons (Fsp3) is 0.250. The van der Waals surface area contributed by atoms with Gasteiger partial charge in [-0.05, 0) is 30.0 Å². The Bertz CT molecular complexity index is 528. The van der Waals surface area contributed by atoms with E-state index in [1.54, 1.807) is 18.2 Å². The molecule has 2 N–H and O–H groups in total. The number of ether oxygens (including phenoxy) is 1. The molecule has 0 aromatic heterocycles. The van der Waals surface area contributed by atoms with Gasteiger partial charge in [0.15, 0.2) is 11.6 Å². The number of halogens is 1. The topological polar surface area (TPSA) is 35.2 Å². The first-order valence-electron chi connectivity index (χ1n) is 6.34. The summed E-state index contributed by atoms with van der Waals surface area (Å²) in [5.74, 6) is -0.00366. The highest BCUT2D eigenvalue weighted by atomic mass is 19.1. The van der Waals surface area contributed by atoms with Crippen LogP contribution >= 0.6 is 0 Å². The predicted octanol–water partition coefficient (Wildman–Crippen LogP) is 3.47. The van der Waals surface area contributed by atoms with Crippen molar-refractivity contribution in [3.63, 3.8) is 0 Å². The van der Waals surface area contributed by atoms with E-state index in [4.69, 9.17) is 10.5 Å². The zero-order valence-corrected chi connectivity index (χ0v) is 11.0. The molecule has 2 rings (SSSR count). The van der Waals surface area contributed by atoms with Gasteiger partial charge in [-0.15, -0.1) is 0 Å². The molecule has 0 aliphatic rings. The normalized spacial score (nSPS) is 12.2. The quantitative estimate of drug-likeness (QED) is 0.892.